The molecule has 2 atom stereocenters. The summed E-state index contributed by atoms with van der Waals surface area (Å²) in [5, 5.41) is -0.124. The van der Waals surface area contributed by atoms with E-state index in [0.717, 1.165) is 0 Å². The molecule has 4 aromatic rings. The van der Waals surface area contributed by atoms with Gasteiger partial charge in [-0.15, -0.1) is 0 Å². The number of hydrogen-bond acceptors (Lipinski definition) is 8. The normalized spacial score (nSPS) is 12.1. The summed E-state index contributed by atoms with van der Waals surface area (Å²) >= 11 is -4.66. The number of benzene rings is 2. The second-order valence-corrected chi connectivity index (χ2v) is 7.03. The van der Waals surface area contributed by atoms with Crippen molar-refractivity contribution in [3.05, 3.63) is 36.4 Å². The molecule has 2 heterocycles. The maximum absolute atomic E-state index is 10.6. The average Bonchev–Trinajstić information content (AvgIpc) is 3.31. The molecule has 10 nitrogen and oxygen atoms in total. The molecule has 0 aliphatic heterocycles. The van der Waals surface area contributed by atoms with Crippen LogP contribution in [0.5, 0.6) is 11.5 Å². The van der Waals surface area contributed by atoms with Gasteiger partial charge < -0.3 is 28.5 Å². The minimum absolute atomic E-state index is 0. The number of aromatic nitrogens is 4. The SMILES string of the molecule is COc1ccc2[nH]c(S(=O)[O-])nc2c1.COc1ccc2[nH]c(S(=O)[O-])nc2c1.[Na+].[Na+]. The predicted molar refractivity (Wildman–Crippen MR) is 99.7 cm³/mol. The minimum Gasteiger partial charge on any atom is -0.766 e. The summed E-state index contributed by atoms with van der Waals surface area (Å²) in [6.07, 6.45) is 0. The Hall–Kier alpha value is -0.800. The van der Waals surface area contributed by atoms with Gasteiger partial charge in [0, 0.05) is 34.3 Å². The van der Waals surface area contributed by atoms with E-state index in [9.17, 15) is 17.5 Å². The summed E-state index contributed by atoms with van der Waals surface area (Å²) in [5.74, 6) is 1.29. The zero-order valence-electron chi connectivity index (χ0n) is 16.6. The van der Waals surface area contributed by atoms with Crippen LogP contribution in [0, 0.1) is 0 Å². The molecule has 0 saturated carbocycles. The van der Waals surface area contributed by atoms with E-state index in [1.54, 1.807) is 50.6 Å². The van der Waals surface area contributed by atoms with Crippen molar-refractivity contribution in [2.45, 2.75) is 10.3 Å². The maximum atomic E-state index is 10.6. The molecule has 0 saturated heterocycles. The monoisotopic (exact) mass is 468 g/mol. The third-order valence-corrected chi connectivity index (χ3v) is 4.67. The zero-order chi connectivity index (χ0) is 20.3. The van der Waals surface area contributed by atoms with Crippen molar-refractivity contribution in [2.24, 2.45) is 0 Å². The van der Waals surface area contributed by atoms with Crippen LogP contribution in [0.25, 0.3) is 22.1 Å². The summed E-state index contributed by atoms with van der Waals surface area (Å²) in [6.45, 7) is 0. The number of imidazole rings is 2. The van der Waals surface area contributed by atoms with Gasteiger partial charge in [-0.1, -0.05) is 0 Å². The fourth-order valence-corrected chi connectivity index (χ4v) is 3.07. The van der Waals surface area contributed by atoms with Crippen LogP contribution in [-0.2, 0) is 22.2 Å². The van der Waals surface area contributed by atoms with Crippen molar-refractivity contribution in [3.63, 3.8) is 0 Å². The van der Waals surface area contributed by atoms with E-state index in [1.165, 1.54) is 0 Å². The quantitative estimate of drug-likeness (QED) is 0.225. The van der Waals surface area contributed by atoms with Crippen molar-refractivity contribution < 1.29 is 86.1 Å². The van der Waals surface area contributed by atoms with Crippen LogP contribution in [0.4, 0.5) is 0 Å². The van der Waals surface area contributed by atoms with E-state index in [-0.39, 0.29) is 69.4 Å². The number of nitrogens with zero attached hydrogens (tertiary/aromatic N) is 2. The summed E-state index contributed by atoms with van der Waals surface area (Å²) in [7, 11) is 3.08. The van der Waals surface area contributed by atoms with Crippen LogP contribution in [0.2, 0.25) is 0 Å². The summed E-state index contributed by atoms with van der Waals surface area (Å²) < 4.78 is 52.4. The Kier molecular flexibility index (Phi) is 11.2. The molecule has 0 amide bonds. The Labute approximate surface area is 220 Å². The first-order chi connectivity index (χ1) is 13.4. The van der Waals surface area contributed by atoms with Gasteiger partial charge in [-0.2, -0.15) is 0 Å². The minimum atomic E-state index is -2.33. The number of ether oxygens (including phenoxy) is 2. The number of hydrogen-bond donors (Lipinski definition) is 2. The van der Waals surface area contributed by atoms with Crippen LogP contribution in [0.15, 0.2) is 46.7 Å². The molecule has 2 N–H and O–H groups in total. The van der Waals surface area contributed by atoms with Crippen LogP contribution >= 0.6 is 0 Å². The molecule has 4 rings (SSSR count). The third kappa shape index (κ3) is 6.60. The third-order valence-electron chi connectivity index (χ3n) is 3.65. The number of fused-ring (bicyclic) bond motifs is 2. The molecule has 0 aliphatic rings. The van der Waals surface area contributed by atoms with Gasteiger partial charge in [0.05, 0.1) is 36.3 Å². The van der Waals surface area contributed by atoms with Gasteiger partial charge in [-0.3, -0.25) is 8.42 Å². The first-order valence-electron chi connectivity index (χ1n) is 7.67. The molecule has 0 spiro atoms. The van der Waals surface area contributed by atoms with Crippen LogP contribution < -0.4 is 68.6 Å². The van der Waals surface area contributed by atoms with E-state index in [1.807, 2.05) is 0 Å². The second-order valence-electron chi connectivity index (χ2n) is 5.32. The molecule has 0 aliphatic carbocycles. The van der Waals surface area contributed by atoms with Gasteiger partial charge in [0.1, 0.15) is 11.5 Å². The first-order valence-corrected chi connectivity index (χ1v) is 9.82. The van der Waals surface area contributed by atoms with Gasteiger partial charge in [0.25, 0.3) is 0 Å². The smallest absolute Gasteiger partial charge is 0.766 e. The van der Waals surface area contributed by atoms with Gasteiger partial charge >= 0.3 is 59.1 Å². The Morgan fingerprint density at radius 1 is 0.767 bits per heavy atom. The first kappa shape index (κ1) is 27.2. The largest absolute Gasteiger partial charge is 1.00 e. The molecular weight excluding hydrogens is 454 g/mol. The Bertz CT molecular complexity index is 1090. The fourth-order valence-electron chi connectivity index (χ4n) is 2.34. The molecule has 30 heavy (non-hydrogen) atoms. The second kappa shape index (κ2) is 12.3. The van der Waals surface area contributed by atoms with Crippen molar-refractivity contribution in [3.8, 4) is 11.5 Å². The Morgan fingerprint density at radius 2 is 1.13 bits per heavy atom. The fraction of sp³-hybridized carbons (Fsp3) is 0.125. The number of rotatable bonds is 4. The van der Waals surface area contributed by atoms with E-state index in [2.05, 4.69) is 19.9 Å². The Balaban J connectivity index is 0.000000281. The standard InChI is InChI=1S/2C8H8N2O3S.2Na/c2*1-13-5-2-3-6-7(4-5)10-8(9-6)14(11)12;;/h2*2-4H,1H3,(H,9,10)(H,11,12);;/q;;2*+1/p-2. The summed E-state index contributed by atoms with van der Waals surface area (Å²) in [5.41, 5.74) is 2.49. The average molecular weight is 468 g/mol. The molecule has 2 aromatic carbocycles. The van der Waals surface area contributed by atoms with Gasteiger partial charge in [-0.05, 0) is 24.3 Å². The number of H-pyrrole nitrogens is 2. The number of nitrogens with one attached hydrogen (secondary N) is 2. The van der Waals surface area contributed by atoms with Crippen molar-refractivity contribution >= 4 is 44.2 Å². The number of aromatic amines is 2. The molecule has 0 radical (unpaired) electrons. The topological polar surface area (TPSA) is 156 Å². The van der Waals surface area contributed by atoms with Crippen LogP contribution in [-0.4, -0.2) is 51.7 Å². The summed E-state index contributed by atoms with van der Waals surface area (Å²) in [6, 6.07) is 10.2. The summed E-state index contributed by atoms with van der Waals surface area (Å²) in [4.78, 5) is 13.1. The van der Waals surface area contributed by atoms with Gasteiger partial charge in [0.2, 0.25) is 0 Å². The van der Waals surface area contributed by atoms with Crippen LogP contribution in [0.1, 0.15) is 0 Å². The van der Waals surface area contributed by atoms with E-state index >= 15 is 0 Å². The predicted octanol–water partition coefficient (Wildman–Crippen LogP) is -4.37. The zero-order valence-corrected chi connectivity index (χ0v) is 22.3. The van der Waals surface area contributed by atoms with E-state index in [0.29, 0.717) is 33.6 Å². The van der Waals surface area contributed by atoms with Crippen molar-refractivity contribution in [1.82, 2.24) is 19.9 Å². The molecule has 148 valence electrons. The van der Waals surface area contributed by atoms with Crippen LogP contribution in [0.3, 0.4) is 0 Å². The van der Waals surface area contributed by atoms with Gasteiger partial charge in [-0.25, -0.2) is 9.97 Å². The van der Waals surface area contributed by atoms with Crippen molar-refractivity contribution in [1.29, 1.82) is 0 Å². The molecule has 0 bridgehead atoms. The molecule has 2 unspecified atom stereocenters. The Morgan fingerprint density at radius 3 is 1.43 bits per heavy atom. The molecule has 0 fully saturated rings. The maximum Gasteiger partial charge on any atom is 1.00 e. The van der Waals surface area contributed by atoms with E-state index in [4.69, 9.17) is 9.47 Å². The molecule has 14 heteroatoms. The number of methoxy groups -OCH3 is 2. The van der Waals surface area contributed by atoms with Gasteiger partial charge in [0.15, 0.2) is 10.3 Å². The molecule has 2 aromatic heterocycles. The van der Waals surface area contributed by atoms with E-state index < -0.39 is 22.2 Å². The molecular formula is C16H14N4Na2O6S2. The van der Waals surface area contributed by atoms with Crippen molar-refractivity contribution in [2.75, 3.05) is 14.2 Å².